The largest absolute Gasteiger partial charge is 0.478 e. The van der Waals surface area contributed by atoms with Gasteiger partial charge in [0.25, 0.3) is 0 Å². The van der Waals surface area contributed by atoms with E-state index in [1.807, 2.05) is 0 Å². The molecule has 4 nitrogen and oxygen atoms in total. The van der Waals surface area contributed by atoms with E-state index in [1.165, 1.54) is 0 Å². The summed E-state index contributed by atoms with van der Waals surface area (Å²) in [6, 6.07) is 0. The van der Waals surface area contributed by atoms with Crippen molar-refractivity contribution in [3.05, 3.63) is 0 Å². The SMILES string of the molecule is O=C(O)[C@@H]1CC(Br)=NO1. The van der Waals surface area contributed by atoms with Crippen LogP contribution in [0.1, 0.15) is 6.42 Å². The van der Waals surface area contributed by atoms with Gasteiger partial charge in [0.2, 0.25) is 6.10 Å². The maximum atomic E-state index is 10.1. The highest BCUT2D eigenvalue weighted by Gasteiger charge is 2.25. The van der Waals surface area contributed by atoms with Crippen LogP contribution in [0, 0.1) is 0 Å². The second kappa shape index (κ2) is 2.34. The van der Waals surface area contributed by atoms with Crippen LogP contribution < -0.4 is 0 Å². The summed E-state index contributed by atoms with van der Waals surface area (Å²) in [5.74, 6) is -0.979. The van der Waals surface area contributed by atoms with Gasteiger partial charge in [-0.2, -0.15) is 0 Å². The normalized spacial score (nSPS) is 25.0. The number of halogens is 1. The lowest BCUT2D eigenvalue weighted by atomic mass is 10.3. The molecule has 1 heterocycles. The summed E-state index contributed by atoms with van der Waals surface area (Å²) < 4.78 is 0.551. The first-order valence-corrected chi connectivity index (χ1v) is 3.10. The van der Waals surface area contributed by atoms with Crippen molar-refractivity contribution >= 4 is 26.5 Å². The number of nitrogens with zero attached hydrogens (tertiary/aromatic N) is 1. The smallest absolute Gasteiger partial charge is 0.348 e. The number of aliphatic carboxylic acids is 1. The number of carbonyl (C=O) groups is 1. The van der Waals surface area contributed by atoms with Crippen molar-refractivity contribution in [3.8, 4) is 0 Å². The predicted molar refractivity (Wildman–Crippen MR) is 33.5 cm³/mol. The van der Waals surface area contributed by atoms with E-state index < -0.39 is 12.1 Å². The van der Waals surface area contributed by atoms with E-state index in [4.69, 9.17) is 5.11 Å². The fourth-order valence-corrected chi connectivity index (χ4v) is 0.858. The number of carboxylic acid groups (broad SMARTS) is 1. The van der Waals surface area contributed by atoms with Gasteiger partial charge in [-0.1, -0.05) is 5.16 Å². The van der Waals surface area contributed by atoms with Crippen LogP contribution in [0.25, 0.3) is 0 Å². The summed E-state index contributed by atoms with van der Waals surface area (Å²) in [6.07, 6.45) is -0.464. The molecular weight excluding hydrogens is 190 g/mol. The van der Waals surface area contributed by atoms with E-state index in [1.54, 1.807) is 0 Å². The van der Waals surface area contributed by atoms with Gasteiger partial charge in [0.15, 0.2) is 0 Å². The third-order valence-corrected chi connectivity index (χ3v) is 1.38. The summed E-state index contributed by atoms with van der Waals surface area (Å²) in [7, 11) is 0. The molecule has 0 radical (unpaired) electrons. The lowest BCUT2D eigenvalue weighted by molar-refractivity contribution is -0.148. The molecular formula is C4H4BrNO3. The molecule has 0 saturated heterocycles. The number of hydrogen-bond acceptors (Lipinski definition) is 3. The van der Waals surface area contributed by atoms with Crippen molar-refractivity contribution in [1.29, 1.82) is 0 Å². The second-order valence-electron chi connectivity index (χ2n) is 1.60. The van der Waals surface area contributed by atoms with E-state index in [9.17, 15) is 4.79 Å². The second-order valence-corrected chi connectivity index (χ2v) is 2.52. The Morgan fingerprint density at radius 2 is 2.67 bits per heavy atom. The maximum absolute atomic E-state index is 10.1. The molecule has 1 aliphatic rings. The molecule has 1 rings (SSSR count). The minimum Gasteiger partial charge on any atom is -0.478 e. The van der Waals surface area contributed by atoms with Crippen LogP contribution in [-0.2, 0) is 9.63 Å². The Bertz CT molecular complexity index is 167. The van der Waals surface area contributed by atoms with Gasteiger partial charge in [-0.05, 0) is 15.9 Å². The molecule has 1 N–H and O–H groups in total. The van der Waals surface area contributed by atoms with Gasteiger partial charge in [-0.3, -0.25) is 0 Å². The highest BCUT2D eigenvalue weighted by molar-refractivity contribution is 9.18. The molecule has 5 heteroatoms. The number of hydrogen-bond donors (Lipinski definition) is 1. The van der Waals surface area contributed by atoms with Gasteiger partial charge in [0.05, 0.1) is 6.42 Å². The quantitative estimate of drug-likeness (QED) is 0.663. The minimum atomic E-state index is -0.979. The Labute approximate surface area is 59.6 Å². The zero-order chi connectivity index (χ0) is 6.85. The van der Waals surface area contributed by atoms with Crippen LogP contribution in [0.3, 0.4) is 0 Å². The third-order valence-electron chi connectivity index (χ3n) is 0.908. The molecule has 1 aliphatic heterocycles. The molecule has 0 amide bonds. The molecule has 1 atom stereocenters. The first kappa shape index (κ1) is 6.54. The van der Waals surface area contributed by atoms with Crippen LogP contribution in [0.15, 0.2) is 5.16 Å². The number of rotatable bonds is 1. The zero-order valence-electron chi connectivity index (χ0n) is 4.37. The van der Waals surface area contributed by atoms with Crippen LogP contribution in [0.4, 0.5) is 0 Å². The molecule has 0 aromatic rings. The molecule has 0 bridgehead atoms. The van der Waals surface area contributed by atoms with Gasteiger partial charge in [0.1, 0.15) is 4.62 Å². The van der Waals surface area contributed by atoms with Crippen LogP contribution >= 0.6 is 15.9 Å². The first-order valence-electron chi connectivity index (χ1n) is 2.31. The van der Waals surface area contributed by atoms with Gasteiger partial charge >= 0.3 is 5.97 Å². The summed E-state index contributed by atoms with van der Waals surface area (Å²) in [6.45, 7) is 0. The van der Waals surface area contributed by atoms with Gasteiger partial charge < -0.3 is 9.94 Å². The summed E-state index contributed by atoms with van der Waals surface area (Å²) in [5.41, 5.74) is 0. The maximum Gasteiger partial charge on any atom is 0.348 e. The monoisotopic (exact) mass is 193 g/mol. The van der Waals surface area contributed by atoms with Crippen molar-refractivity contribution in [1.82, 2.24) is 0 Å². The van der Waals surface area contributed by atoms with Crippen LogP contribution in [0.5, 0.6) is 0 Å². The molecule has 50 valence electrons. The summed E-state index contributed by atoms with van der Waals surface area (Å²) in [4.78, 5) is 14.6. The number of carboxylic acids is 1. The lowest BCUT2D eigenvalue weighted by Crippen LogP contribution is -2.18. The minimum absolute atomic E-state index is 0.329. The Hall–Kier alpha value is -0.580. The third kappa shape index (κ3) is 1.41. The first-order chi connectivity index (χ1) is 4.20. The van der Waals surface area contributed by atoms with Crippen LogP contribution in [0.2, 0.25) is 0 Å². The molecule has 9 heavy (non-hydrogen) atoms. The average molecular weight is 194 g/mol. The van der Waals surface area contributed by atoms with Crippen molar-refractivity contribution in [2.24, 2.45) is 5.16 Å². The fraction of sp³-hybridized carbons (Fsp3) is 0.500. The van der Waals surface area contributed by atoms with Gasteiger partial charge in [0, 0.05) is 0 Å². The number of oxime groups is 1. The highest BCUT2D eigenvalue weighted by Crippen LogP contribution is 2.13. The molecule has 0 aromatic carbocycles. The van der Waals surface area contributed by atoms with Crippen molar-refractivity contribution in [2.75, 3.05) is 0 Å². The Morgan fingerprint density at radius 1 is 2.00 bits per heavy atom. The van der Waals surface area contributed by atoms with Crippen molar-refractivity contribution in [2.45, 2.75) is 12.5 Å². The molecule has 0 saturated carbocycles. The standard InChI is InChI=1S/C4H4BrNO3/c5-3-1-2(4(7)8)9-6-3/h2H,1H2,(H,7,8)/t2-/m0/s1. The lowest BCUT2D eigenvalue weighted by Gasteiger charge is -1.97. The Balaban J connectivity index is 2.47. The molecule has 0 aliphatic carbocycles. The molecule has 0 unspecified atom stereocenters. The summed E-state index contributed by atoms with van der Waals surface area (Å²) in [5, 5.41) is 11.7. The Morgan fingerprint density at radius 3 is 2.89 bits per heavy atom. The van der Waals surface area contributed by atoms with E-state index in [0.29, 0.717) is 11.0 Å². The van der Waals surface area contributed by atoms with Gasteiger partial charge in [-0.25, -0.2) is 4.79 Å². The van der Waals surface area contributed by atoms with Crippen molar-refractivity contribution in [3.63, 3.8) is 0 Å². The van der Waals surface area contributed by atoms with Crippen molar-refractivity contribution < 1.29 is 14.7 Å². The van der Waals surface area contributed by atoms with E-state index in [2.05, 4.69) is 25.9 Å². The fourth-order valence-electron chi connectivity index (χ4n) is 0.481. The Kier molecular flexibility index (Phi) is 1.70. The molecule has 0 fully saturated rings. The highest BCUT2D eigenvalue weighted by atomic mass is 79.9. The predicted octanol–water partition coefficient (Wildman–Crippen LogP) is 0.568. The van der Waals surface area contributed by atoms with E-state index in [-0.39, 0.29) is 0 Å². The van der Waals surface area contributed by atoms with Crippen LogP contribution in [-0.4, -0.2) is 21.8 Å². The van der Waals surface area contributed by atoms with Gasteiger partial charge in [-0.15, -0.1) is 0 Å². The summed E-state index contributed by atoms with van der Waals surface area (Å²) >= 11 is 3.01. The topological polar surface area (TPSA) is 58.9 Å². The average Bonchev–Trinajstić information content (AvgIpc) is 2.14. The zero-order valence-corrected chi connectivity index (χ0v) is 5.96. The molecule has 0 aromatic heterocycles. The van der Waals surface area contributed by atoms with E-state index in [0.717, 1.165) is 0 Å². The molecule has 0 spiro atoms. The van der Waals surface area contributed by atoms with E-state index >= 15 is 0 Å².